The monoisotopic (exact) mass is 408 g/mol. The van der Waals surface area contributed by atoms with Crippen LogP contribution in [0.4, 0.5) is 14.5 Å². The fourth-order valence-corrected chi connectivity index (χ4v) is 2.49. The third-order valence-corrected chi connectivity index (χ3v) is 3.83. The van der Waals surface area contributed by atoms with Crippen LogP contribution in [0.25, 0.3) is 0 Å². The number of halogens is 2. The zero-order valence-corrected chi connectivity index (χ0v) is 15.6. The number of hydrogen-bond acceptors (Lipinski definition) is 6. The van der Waals surface area contributed by atoms with E-state index < -0.39 is 46.8 Å². The summed E-state index contributed by atoms with van der Waals surface area (Å²) >= 11 is 0. The van der Waals surface area contributed by atoms with Gasteiger partial charge in [0.1, 0.15) is 11.6 Å². The van der Waals surface area contributed by atoms with Crippen LogP contribution in [0.3, 0.4) is 0 Å². The first kappa shape index (κ1) is 21.7. The summed E-state index contributed by atoms with van der Waals surface area (Å²) < 4.78 is 36.7. The molecule has 0 aliphatic heterocycles. The van der Waals surface area contributed by atoms with Gasteiger partial charge < -0.3 is 14.8 Å². The number of nitro groups is 1. The Morgan fingerprint density at radius 1 is 1.21 bits per heavy atom. The summed E-state index contributed by atoms with van der Waals surface area (Å²) in [5.74, 6) is -3.25. The highest BCUT2D eigenvalue weighted by molar-refractivity contribution is 5.92. The highest BCUT2D eigenvalue weighted by Gasteiger charge is 2.20. The van der Waals surface area contributed by atoms with E-state index in [1.54, 1.807) is 6.92 Å². The van der Waals surface area contributed by atoms with E-state index in [9.17, 15) is 28.5 Å². The van der Waals surface area contributed by atoms with Crippen molar-refractivity contribution in [2.75, 3.05) is 13.2 Å². The third kappa shape index (κ3) is 5.71. The summed E-state index contributed by atoms with van der Waals surface area (Å²) in [7, 11) is 0. The van der Waals surface area contributed by atoms with E-state index in [1.807, 2.05) is 0 Å². The van der Waals surface area contributed by atoms with Crippen LogP contribution in [0.5, 0.6) is 5.75 Å². The molecule has 10 heteroatoms. The maximum atomic E-state index is 13.7. The molecule has 0 aliphatic rings. The summed E-state index contributed by atoms with van der Waals surface area (Å²) in [4.78, 5) is 34.4. The average molecular weight is 408 g/mol. The van der Waals surface area contributed by atoms with Crippen LogP contribution in [0.2, 0.25) is 0 Å². The summed E-state index contributed by atoms with van der Waals surface area (Å²) in [6.45, 7) is 2.65. The van der Waals surface area contributed by atoms with E-state index in [-0.39, 0.29) is 23.5 Å². The van der Waals surface area contributed by atoms with E-state index in [0.29, 0.717) is 6.07 Å². The molecule has 0 fully saturated rings. The van der Waals surface area contributed by atoms with Gasteiger partial charge in [0.25, 0.3) is 5.91 Å². The van der Waals surface area contributed by atoms with Crippen molar-refractivity contribution < 1.29 is 32.8 Å². The van der Waals surface area contributed by atoms with Crippen molar-refractivity contribution in [2.45, 2.75) is 19.9 Å². The van der Waals surface area contributed by atoms with Crippen LogP contribution in [0.1, 0.15) is 35.8 Å². The number of esters is 1. The van der Waals surface area contributed by atoms with Crippen LogP contribution < -0.4 is 10.1 Å². The number of nitrogens with one attached hydrogen (secondary N) is 1. The van der Waals surface area contributed by atoms with Gasteiger partial charge in [0.2, 0.25) is 0 Å². The summed E-state index contributed by atoms with van der Waals surface area (Å²) in [6.07, 6.45) is 0. The Morgan fingerprint density at radius 2 is 1.93 bits per heavy atom. The highest BCUT2D eigenvalue weighted by Crippen LogP contribution is 2.28. The minimum absolute atomic E-state index is 0.00180. The lowest BCUT2D eigenvalue weighted by Crippen LogP contribution is -2.31. The first-order chi connectivity index (χ1) is 13.7. The highest BCUT2D eigenvalue weighted by atomic mass is 19.1. The first-order valence-corrected chi connectivity index (χ1v) is 8.55. The molecule has 2 aromatic rings. The van der Waals surface area contributed by atoms with Gasteiger partial charge in [0.15, 0.2) is 12.4 Å². The molecule has 0 unspecified atom stereocenters. The minimum Gasteiger partial charge on any atom is -0.487 e. The molecule has 0 spiro atoms. The van der Waals surface area contributed by atoms with Crippen LogP contribution >= 0.6 is 0 Å². The normalized spacial score (nSPS) is 11.4. The molecule has 1 atom stereocenters. The van der Waals surface area contributed by atoms with Gasteiger partial charge in [-0.2, -0.15) is 0 Å². The maximum absolute atomic E-state index is 13.7. The molecule has 2 aromatic carbocycles. The molecule has 0 saturated carbocycles. The first-order valence-electron chi connectivity index (χ1n) is 8.55. The Balaban J connectivity index is 1.98. The predicted molar refractivity (Wildman–Crippen MR) is 97.5 cm³/mol. The van der Waals surface area contributed by atoms with Crippen LogP contribution in [0.15, 0.2) is 36.4 Å². The van der Waals surface area contributed by atoms with Crippen molar-refractivity contribution >= 4 is 17.6 Å². The van der Waals surface area contributed by atoms with Gasteiger partial charge in [-0.1, -0.05) is 6.07 Å². The number of carbonyl (C=O) groups excluding carboxylic acids is 2. The average Bonchev–Trinajstić information content (AvgIpc) is 2.66. The summed E-state index contributed by atoms with van der Waals surface area (Å²) in [5.41, 5.74) is -0.482. The van der Waals surface area contributed by atoms with Gasteiger partial charge in [0, 0.05) is 17.7 Å². The molecule has 0 aromatic heterocycles. The van der Waals surface area contributed by atoms with E-state index in [4.69, 9.17) is 9.47 Å². The second kappa shape index (κ2) is 9.58. The van der Waals surface area contributed by atoms with E-state index in [1.165, 1.54) is 25.1 Å². The van der Waals surface area contributed by atoms with Crippen molar-refractivity contribution in [1.82, 2.24) is 5.32 Å². The van der Waals surface area contributed by atoms with Gasteiger partial charge in [-0.05, 0) is 32.0 Å². The topological polar surface area (TPSA) is 108 Å². The second-order valence-electron chi connectivity index (χ2n) is 5.90. The zero-order valence-electron chi connectivity index (χ0n) is 15.6. The van der Waals surface area contributed by atoms with Crippen LogP contribution in [-0.4, -0.2) is 30.0 Å². The molecule has 0 radical (unpaired) electrons. The Bertz CT molecular complexity index is 935. The van der Waals surface area contributed by atoms with Crippen LogP contribution in [-0.2, 0) is 9.53 Å². The number of amides is 1. The van der Waals surface area contributed by atoms with Gasteiger partial charge in [-0.15, -0.1) is 0 Å². The van der Waals surface area contributed by atoms with E-state index in [2.05, 4.69) is 5.32 Å². The number of ether oxygens (including phenoxy) is 2. The lowest BCUT2D eigenvalue weighted by Gasteiger charge is -2.15. The standard InChI is InChI=1S/C19H18F2N2O6/c1-3-28-17-7-4-12(8-16(17)23(26)27)19(25)29-10-18(24)22-11(2)14-6-5-13(20)9-15(14)21/h4-9,11H,3,10H2,1-2H3,(H,22,24)/t11-/m1/s1. The van der Waals surface area contributed by atoms with Crippen molar-refractivity contribution in [3.63, 3.8) is 0 Å². The van der Waals surface area contributed by atoms with Crippen molar-refractivity contribution in [1.29, 1.82) is 0 Å². The molecule has 0 heterocycles. The Morgan fingerprint density at radius 3 is 2.55 bits per heavy atom. The largest absolute Gasteiger partial charge is 0.487 e. The molecule has 0 aliphatic carbocycles. The maximum Gasteiger partial charge on any atom is 0.338 e. The molecule has 0 saturated heterocycles. The van der Waals surface area contributed by atoms with Gasteiger partial charge >= 0.3 is 11.7 Å². The molecule has 1 amide bonds. The summed E-state index contributed by atoms with van der Waals surface area (Å²) in [5, 5.41) is 13.5. The van der Waals surface area contributed by atoms with Gasteiger partial charge in [0.05, 0.1) is 23.1 Å². The SMILES string of the molecule is CCOc1ccc(C(=O)OCC(=O)N[C@H](C)c2ccc(F)cc2F)cc1[N+](=O)[O-]. The molecule has 154 valence electrons. The predicted octanol–water partition coefficient (Wildman–Crippen LogP) is 3.31. The number of hydrogen-bond donors (Lipinski definition) is 1. The number of benzene rings is 2. The van der Waals surface area contributed by atoms with E-state index in [0.717, 1.165) is 12.1 Å². The number of rotatable bonds is 8. The van der Waals surface area contributed by atoms with Crippen molar-refractivity contribution in [2.24, 2.45) is 0 Å². The number of nitro benzene ring substituents is 1. The van der Waals surface area contributed by atoms with Gasteiger partial charge in [-0.25, -0.2) is 13.6 Å². The van der Waals surface area contributed by atoms with Crippen molar-refractivity contribution in [3.05, 3.63) is 69.3 Å². The molecule has 2 rings (SSSR count). The Kier molecular flexibility index (Phi) is 7.18. The molecule has 0 bridgehead atoms. The quantitative estimate of drug-likeness (QED) is 0.408. The van der Waals surface area contributed by atoms with Crippen LogP contribution in [0, 0.1) is 21.7 Å². The lowest BCUT2D eigenvalue weighted by atomic mass is 10.1. The Hall–Kier alpha value is -3.56. The summed E-state index contributed by atoms with van der Waals surface area (Å²) in [6, 6.07) is 5.67. The lowest BCUT2D eigenvalue weighted by molar-refractivity contribution is -0.385. The fourth-order valence-electron chi connectivity index (χ4n) is 2.49. The van der Waals surface area contributed by atoms with Crippen molar-refractivity contribution in [3.8, 4) is 5.75 Å². The molecule has 8 nitrogen and oxygen atoms in total. The zero-order chi connectivity index (χ0) is 21.6. The smallest absolute Gasteiger partial charge is 0.338 e. The minimum atomic E-state index is -0.952. The molecular weight excluding hydrogens is 390 g/mol. The molecule has 29 heavy (non-hydrogen) atoms. The number of carbonyl (C=O) groups is 2. The Labute approximate surface area is 164 Å². The molecule has 1 N–H and O–H groups in total. The molecular formula is C19H18F2N2O6. The number of nitrogens with zero attached hydrogens (tertiary/aromatic N) is 1. The van der Waals surface area contributed by atoms with Gasteiger partial charge in [-0.3, -0.25) is 14.9 Å². The second-order valence-corrected chi connectivity index (χ2v) is 5.90. The fraction of sp³-hybridized carbons (Fsp3) is 0.263. The van der Waals surface area contributed by atoms with E-state index >= 15 is 0 Å². The third-order valence-electron chi connectivity index (χ3n) is 3.83.